The van der Waals surface area contributed by atoms with Gasteiger partial charge in [-0.15, -0.1) is 0 Å². The van der Waals surface area contributed by atoms with Gasteiger partial charge in [0.2, 0.25) is 11.8 Å². The summed E-state index contributed by atoms with van der Waals surface area (Å²) in [5.74, 6) is -0.999. The molecule has 0 aromatic heterocycles. The maximum absolute atomic E-state index is 13.3. The zero-order valence-electron chi connectivity index (χ0n) is 14.7. The first kappa shape index (κ1) is 19.4. The lowest BCUT2D eigenvalue weighted by Gasteiger charge is -2.16. The Balaban J connectivity index is 1.74. The number of amidine groups is 1. The van der Waals surface area contributed by atoms with Gasteiger partial charge in [0.05, 0.1) is 5.69 Å². The zero-order valence-corrected chi connectivity index (χ0v) is 16.3. The molecule has 2 amide bonds. The van der Waals surface area contributed by atoms with E-state index in [1.807, 2.05) is 6.92 Å². The van der Waals surface area contributed by atoms with Gasteiger partial charge < -0.3 is 5.32 Å². The number of benzene rings is 2. The fourth-order valence-corrected chi connectivity index (χ4v) is 3.81. The molecule has 2 aromatic carbocycles. The summed E-state index contributed by atoms with van der Waals surface area (Å²) in [5, 5.41) is 3.28. The second-order valence-corrected chi connectivity index (χ2v) is 7.57. The smallest absolute Gasteiger partial charge is 0.247 e. The van der Waals surface area contributed by atoms with Crippen LogP contribution in [0.25, 0.3) is 0 Å². The lowest BCUT2D eigenvalue weighted by atomic mass is 10.2. The molecule has 0 aliphatic carbocycles. The van der Waals surface area contributed by atoms with Crippen LogP contribution in [0.4, 0.5) is 15.8 Å². The lowest BCUT2D eigenvalue weighted by molar-refractivity contribution is -0.121. The molecule has 5 nitrogen and oxygen atoms in total. The van der Waals surface area contributed by atoms with Crippen LogP contribution in [0.1, 0.15) is 12.0 Å². The highest BCUT2D eigenvalue weighted by Gasteiger charge is 2.40. The Morgan fingerprint density at radius 1 is 1.30 bits per heavy atom. The third-order valence-electron chi connectivity index (χ3n) is 4.05. The van der Waals surface area contributed by atoms with Crippen LogP contribution in [0.15, 0.2) is 47.5 Å². The highest BCUT2D eigenvalue weighted by molar-refractivity contribution is 8.15. The Labute approximate surface area is 165 Å². The average molecular weight is 406 g/mol. The number of thioether (sulfide) groups is 1. The standard InChI is InChI=1S/C19H17ClFN3O2S/c1-11-6-7-14(9-15(11)20)24-17(25)10-16(18(24)26)27-19(22-2)23-13-5-3-4-12(21)8-13/h3-9,16H,10H2,1-2H3,(H,22,23)/t16-/m0/s1. The van der Waals surface area contributed by atoms with Crippen molar-refractivity contribution in [3.8, 4) is 0 Å². The van der Waals surface area contributed by atoms with Crippen LogP contribution < -0.4 is 10.2 Å². The fourth-order valence-electron chi connectivity index (χ4n) is 2.65. The predicted molar refractivity (Wildman–Crippen MR) is 108 cm³/mol. The van der Waals surface area contributed by atoms with Gasteiger partial charge in [-0.25, -0.2) is 9.29 Å². The molecule has 3 rings (SSSR count). The number of nitrogens with one attached hydrogen (secondary N) is 1. The molecule has 0 saturated carbocycles. The van der Waals surface area contributed by atoms with Crippen molar-refractivity contribution >= 4 is 51.7 Å². The van der Waals surface area contributed by atoms with E-state index in [1.165, 1.54) is 12.1 Å². The summed E-state index contributed by atoms with van der Waals surface area (Å²) in [6, 6.07) is 11.0. The third kappa shape index (κ3) is 4.31. The van der Waals surface area contributed by atoms with Gasteiger partial charge in [0, 0.05) is 24.2 Å². The minimum atomic E-state index is -0.614. The van der Waals surface area contributed by atoms with Crippen LogP contribution in [0, 0.1) is 12.7 Å². The number of amides is 2. The van der Waals surface area contributed by atoms with Crippen molar-refractivity contribution < 1.29 is 14.0 Å². The molecule has 0 unspecified atom stereocenters. The quantitative estimate of drug-likeness (QED) is 0.471. The molecule has 8 heteroatoms. The van der Waals surface area contributed by atoms with Gasteiger partial charge in [0.15, 0.2) is 5.17 Å². The van der Waals surface area contributed by atoms with E-state index in [1.54, 1.807) is 37.4 Å². The Morgan fingerprint density at radius 3 is 2.74 bits per heavy atom. The third-order valence-corrected chi connectivity index (χ3v) is 5.62. The first-order chi connectivity index (χ1) is 12.9. The van der Waals surface area contributed by atoms with Crippen molar-refractivity contribution in [1.82, 2.24) is 0 Å². The summed E-state index contributed by atoms with van der Waals surface area (Å²) >= 11 is 7.26. The van der Waals surface area contributed by atoms with Gasteiger partial charge in [0.25, 0.3) is 0 Å². The molecular weight excluding hydrogens is 389 g/mol. The maximum atomic E-state index is 13.3. The largest absolute Gasteiger partial charge is 0.335 e. The molecular formula is C19H17ClFN3O2S. The Kier molecular flexibility index (Phi) is 5.82. The molecule has 1 saturated heterocycles. The highest BCUT2D eigenvalue weighted by Crippen LogP contribution is 2.32. The van der Waals surface area contributed by atoms with E-state index in [4.69, 9.17) is 11.6 Å². The first-order valence-electron chi connectivity index (χ1n) is 8.18. The molecule has 1 aliphatic heterocycles. The molecule has 1 heterocycles. The van der Waals surface area contributed by atoms with Crippen molar-refractivity contribution in [2.45, 2.75) is 18.6 Å². The van der Waals surface area contributed by atoms with Crippen molar-refractivity contribution in [2.24, 2.45) is 4.99 Å². The number of anilines is 2. The number of carbonyl (C=O) groups is 2. The van der Waals surface area contributed by atoms with Crippen LogP contribution in [0.3, 0.4) is 0 Å². The molecule has 0 spiro atoms. The maximum Gasteiger partial charge on any atom is 0.247 e. The van der Waals surface area contributed by atoms with Crippen molar-refractivity contribution in [2.75, 3.05) is 17.3 Å². The van der Waals surface area contributed by atoms with Crippen molar-refractivity contribution in [3.05, 3.63) is 58.9 Å². The van der Waals surface area contributed by atoms with Crippen LogP contribution in [0.2, 0.25) is 5.02 Å². The Hall–Kier alpha value is -2.38. The molecule has 2 aromatic rings. The van der Waals surface area contributed by atoms with Gasteiger partial charge in [-0.3, -0.25) is 14.6 Å². The summed E-state index contributed by atoms with van der Waals surface area (Å²) in [6.45, 7) is 1.85. The Morgan fingerprint density at radius 2 is 2.07 bits per heavy atom. The first-order valence-corrected chi connectivity index (χ1v) is 9.44. The van der Waals surface area contributed by atoms with E-state index in [0.29, 0.717) is 21.6 Å². The molecule has 140 valence electrons. The Bertz CT molecular complexity index is 935. The molecule has 1 fully saturated rings. The molecule has 0 radical (unpaired) electrons. The molecule has 1 N–H and O–H groups in total. The van der Waals surface area contributed by atoms with Crippen LogP contribution in [0.5, 0.6) is 0 Å². The number of hydrogen-bond acceptors (Lipinski definition) is 4. The summed E-state index contributed by atoms with van der Waals surface area (Å²) in [4.78, 5) is 30.4. The van der Waals surface area contributed by atoms with Crippen LogP contribution in [-0.4, -0.2) is 29.3 Å². The average Bonchev–Trinajstić information content (AvgIpc) is 2.90. The normalized spacial score (nSPS) is 17.6. The SMILES string of the molecule is CN=C(Nc1cccc(F)c1)S[C@H]1CC(=O)N(c2ccc(C)c(Cl)c2)C1=O. The minimum absolute atomic E-state index is 0.0544. The number of hydrogen-bond donors (Lipinski definition) is 1. The molecule has 1 aliphatic rings. The van der Waals surface area contributed by atoms with E-state index in [0.717, 1.165) is 22.2 Å². The highest BCUT2D eigenvalue weighted by atomic mass is 35.5. The topological polar surface area (TPSA) is 61.8 Å². The zero-order chi connectivity index (χ0) is 19.6. The number of aliphatic imine (C=N–C) groups is 1. The number of aryl methyl sites for hydroxylation is 1. The molecule has 1 atom stereocenters. The summed E-state index contributed by atoms with van der Waals surface area (Å²) in [7, 11) is 1.56. The van der Waals surface area contributed by atoms with Crippen molar-refractivity contribution in [3.63, 3.8) is 0 Å². The summed E-state index contributed by atoms with van der Waals surface area (Å²) in [5.41, 5.74) is 1.84. The summed E-state index contributed by atoms with van der Waals surface area (Å²) in [6.07, 6.45) is 0.0544. The van der Waals surface area contributed by atoms with Crippen LogP contribution >= 0.6 is 23.4 Å². The predicted octanol–water partition coefficient (Wildman–Crippen LogP) is 4.25. The molecule has 27 heavy (non-hydrogen) atoms. The van der Waals surface area contributed by atoms with Gasteiger partial charge in [-0.2, -0.15) is 0 Å². The van der Waals surface area contributed by atoms with Gasteiger partial charge in [0.1, 0.15) is 11.1 Å². The van der Waals surface area contributed by atoms with E-state index in [-0.39, 0.29) is 24.1 Å². The second kappa shape index (κ2) is 8.10. The fraction of sp³-hybridized carbons (Fsp3) is 0.211. The van der Waals surface area contributed by atoms with E-state index < -0.39 is 5.25 Å². The van der Waals surface area contributed by atoms with Gasteiger partial charge in [-0.05, 0) is 42.8 Å². The monoisotopic (exact) mass is 405 g/mol. The number of halogens is 2. The van der Waals surface area contributed by atoms with Crippen LogP contribution in [-0.2, 0) is 9.59 Å². The number of carbonyl (C=O) groups excluding carboxylic acids is 2. The summed E-state index contributed by atoms with van der Waals surface area (Å²) < 4.78 is 13.3. The van der Waals surface area contributed by atoms with Crippen molar-refractivity contribution in [1.29, 1.82) is 0 Å². The number of imide groups is 1. The minimum Gasteiger partial charge on any atom is -0.335 e. The van der Waals surface area contributed by atoms with Gasteiger partial charge in [-0.1, -0.05) is 35.5 Å². The van der Waals surface area contributed by atoms with E-state index >= 15 is 0 Å². The second-order valence-electron chi connectivity index (χ2n) is 5.98. The number of rotatable bonds is 3. The number of nitrogens with zero attached hydrogens (tertiary/aromatic N) is 2. The van der Waals surface area contributed by atoms with Gasteiger partial charge >= 0.3 is 0 Å². The molecule has 0 bridgehead atoms. The van der Waals surface area contributed by atoms with E-state index in [2.05, 4.69) is 10.3 Å². The van der Waals surface area contributed by atoms with E-state index in [9.17, 15) is 14.0 Å². The lowest BCUT2D eigenvalue weighted by Crippen LogP contribution is -2.31.